The van der Waals surface area contributed by atoms with Gasteiger partial charge in [-0.2, -0.15) is 0 Å². The molecule has 19 heavy (non-hydrogen) atoms. The number of pyridine rings is 1. The van der Waals surface area contributed by atoms with Crippen molar-refractivity contribution in [2.45, 2.75) is 39.5 Å². The lowest BCUT2D eigenvalue weighted by molar-refractivity contribution is 0.0786. The lowest BCUT2D eigenvalue weighted by Crippen LogP contribution is -2.29. The highest BCUT2D eigenvalue weighted by Crippen LogP contribution is 2.23. The van der Waals surface area contributed by atoms with Crippen LogP contribution in [-0.2, 0) is 0 Å². The minimum Gasteiger partial charge on any atom is -0.384 e. The van der Waals surface area contributed by atoms with Crippen LogP contribution in [0.2, 0.25) is 0 Å². The average Bonchev–Trinajstić information content (AvgIpc) is 2.85. The number of nitrogens with zero attached hydrogens (tertiary/aromatic N) is 2. The molecule has 1 aliphatic heterocycles. The first-order valence-corrected chi connectivity index (χ1v) is 7.08. The quantitative estimate of drug-likeness (QED) is 0.910. The topological polar surface area (TPSA) is 59.2 Å². The maximum Gasteiger partial charge on any atom is 0.254 e. The summed E-state index contributed by atoms with van der Waals surface area (Å²) in [4.78, 5) is 18.7. The minimum absolute atomic E-state index is 0.0898. The van der Waals surface area contributed by atoms with Crippen molar-refractivity contribution in [1.82, 2.24) is 9.88 Å². The first-order valence-electron chi connectivity index (χ1n) is 7.08. The average molecular weight is 261 g/mol. The van der Waals surface area contributed by atoms with E-state index in [9.17, 15) is 4.79 Å². The molecule has 1 aromatic rings. The molecule has 2 N–H and O–H groups in total. The molecule has 0 saturated carbocycles. The van der Waals surface area contributed by atoms with Gasteiger partial charge in [-0.05, 0) is 30.4 Å². The maximum atomic E-state index is 12.5. The molecule has 1 fully saturated rings. The van der Waals surface area contributed by atoms with Crippen LogP contribution in [0.5, 0.6) is 0 Å². The Labute approximate surface area is 115 Å². The molecule has 4 heteroatoms. The van der Waals surface area contributed by atoms with Gasteiger partial charge in [0.05, 0.1) is 0 Å². The van der Waals surface area contributed by atoms with E-state index in [1.54, 1.807) is 6.07 Å². The minimum atomic E-state index is 0.0898. The van der Waals surface area contributed by atoms with E-state index in [2.05, 4.69) is 25.8 Å². The van der Waals surface area contributed by atoms with Gasteiger partial charge in [-0.25, -0.2) is 4.98 Å². The summed E-state index contributed by atoms with van der Waals surface area (Å²) in [7, 11) is 0. The van der Waals surface area contributed by atoms with Gasteiger partial charge in [-0.15, -0.1) is 0 Å². The Hall–Kier alpha value is -1.58. The predicted octanol–water partition coefficient (Wildman–Crippen LogP) is 2.66. The largest absolute Gasteiger partial charge is 0.384 e. The van der Waals surface area contributed by atoms with E-state index < -0.39 is 0 Å². The van der Waals surface area contributed by atoms with Crippen LogP contribution in [0.15, 0.2) is 12.1 Å². The number of likely N-dealkylation sites (tertiary alicyclic amines) is 1. The van der Waals surface area contributed by atoms with Crippen molar-refractivity contribution in [1.29, 1.82) is 0 Å². The van der Waals surface area contributed by atoms with Crippen molar-refractivity contribution in [3.8, 4) is 0 Å². The van der Waals surface area contributed by atoms with Gasteiger partial charge < -0.3 is 10.6 Å². The van der Waals surface area contributed by atoms with E-state index in [0.717, 1.165) is 31.6 Å². The van der Waals surface area contributed by atoms with Gasteiger partial charge in [0.25, 0.3) is 5.91 Å². The fourth-order valence-electron chi connectivity index (χ4n) is 2.53. The molecule has 1 atom stereocenters. The molecule has 1 aliphatic rings. The van der Waals surface area contributed by atoms with Crippen molar-refractivity contribution >= 4 is 11.7 Å². The van der Waals surface area contributed by atoms with Crippen LogP contribution in [0.25, 0.3) is 0 Å². The zero-order valence-electron chi connectivity index (χ0n) is 12.0. The van der Waals surface area contributed by atoms with Crippen LogP contribution >= 0.6 is 0 Å². The molecular formula is C15H23N3O. The predicted molar refractivity (Wildman–Crippen MR) is 77.0 cm³/mol. The maximum absolute atomic E-state index is 12.5. The monoisotopic (exact) mass is 261 g/mol. The molecule has 0 aromatic carbocycles. The van der Waals surface area contributed by atoms with Crippen LogP contribution < -0.4 is 5.73 Å². The summed E-state index contributed by atoms with van der Waals surface area (Å²) in [6.45, 7) is 8.02. The van der Waals surface area contributed by atoms with Gasteiger partial charge in [-0.3, -0.25) is 4.79 Å². The van der Waals surface area contributed by atoms with E-state index in [4.69, 9.17) is 5.73 Å². The number of anilines is 1. The van der Waals surface area contributed by atoms with Crippen LogP contribution in [0, 0.1) is 5.92 Å². The van der Waals surface area contributed by atoms with Crippen LogP contribution in [0.4, 0.5) is 5.82 Å². The third-order valence-electron chi connectivity index (χ3n) is 3.85. The highest BCUT2D eigenvalue weighted by atomic mass is 16.2. The number of rotatable bonds is 3. The van der Waals surface area contributed by atoms with Gasteiger partial charge in [0, 0.05) is 24.3 Å². The standard InChI is InChI=1S/C15H23N3O/c1-4-11-5-6-18(9-11)15(19)12-7-13(10(2)3)17-14(16)8-12/h7-8,10-11H,4-6,9H2,1-3H3,(H2,16,17). The number of hydrogen-bond acceptors (Lipinski definition) is 3. The first kappa shape index (κ1) is 13.8. The molecule has 0 radical (unpaired) electrons. The second-order valence-electron chi connectivity index (χ2n) is 5.67. The third kappa shape index (κ3) is 3.06. The lowest BCUT2D eigenvalue weighted by atomic mass is 10.1. The van der Waals surface area contributed by atoms with Crippen molar-refractivity contribution in [2.24, 2.45) is 5.92 Å². The Morgan fingerprint density at radius 3 is 2.84 bits per heavy atom. The molecule has 1 amide bonds. The van der Waals surface area contributed by atoms with E-state index in [1.165, 1.54) is 0 Å². The normalized spacial score (nSPS) is 19.2. The molecule has 1 saturated heterocycles. The molecule has 0 bridgehead atoms. The van der Waals surface area contributed by atoms with E-state index >= 15 is 0 Å². The Morgan fingerprint density at radius 2 is 2.26 bits per heavy atom. The number of hydrogen-bond donors (Lipinski definition) is 1. The summed E-state index contributed by atoms with van der Waals surface area (Å²) in [5, 5.41) is 0. The zero-order valence-corrected chi connectivity index (χ0v) is 12.0. The number of amides is 1. The summed E-state index contributed by atoms with van der Waals surface area (Å²) >= 11 is 0. The van der Waals surface area contributed by atoms with Gasteiger partial charge in [0.15, 0.2) is 0 Å². The second kappa shape index (κ2) is 5.59. The molecule has 1 unspecified atom stereocenters. The Balaban J connectivity index is 2.19. The van der Waals surface area contributed by atoms with Crippen molar-refractivity contribution in [3.05, 3.63) is 23.4 Å². The number of nitrogen functional groups attached to an aromatic ring is 1. The number of nitrogens with two attached hydrogens (primary N) is 1. The summed E-state index contributed by atoms with van der Waals surface area (Å²) in [6, 6.07) is 3.57. The Morgan fingerprint density at radius 1 is 1.53 bits per heavy atom. The Kier molecular flexibility index (Phi) is 4.08. The number of aromatic nitrogens is 1. The number of carbonyl (C=O) groups is 1. The van der Waals surface area contributed by atoms with Crippen LogP contribution in [0.1, 0.15) is 55.6 Å². The molecule has 104 valence electrons. The zero-order chi connectivity index (χ0) is 14.0. The lowest BCUT2D eigenvalue weighted by Gasteiger charge is -2.17. The van der Waals surface area contributed by atoms with Crippen LogP contribution in [0.3, 0.4) is 0 Å². The molecule has 2 rings (SSSR count). The van der Waals surface area contributed by atoms with Gasteiger partial charge in [-0.1, -0.05) is 27.2 Å². The highest BCUT2D eigenvalue weighted by molar-refractivity contribution is 5.95. The fraction of sp³-hybridized carbons (Fsp3) is 0.600. The third-order valence-corrected chi connectivity index (χ3v) is 3.85. The van der Waals surface area contributed by atoms with E-state index in [-0.39, 0.29) is 11.8 Å². The van der Waals surface area contributed by atoms with E-state index in [1.807, 2.05) is 11.0 Å². The van der Waals surface area contributed by atoms with Gasteiger partial charge >= 0.3 is 0 Å². The summed E-state index contributed by atoms with van der Waals surface area (Å²) < 4.78 is 0. The molecule has 4 nitrogen and oxygen atoms in total. The molecular weight excluding hydrogens is 238 g/mol. The molecule has 1 aromatic heterocycles. The van der Waals surface area contributed by atoms with Crippen LogP contribution in [-0.4, -0.2) is 28.9 Å². The molecule has 0 aliphatic carbocycles. The SMILES string of the molecule is CCC1CCN(C(=O)c2cc(N)nc(C(C)C)c2)C1. The summed E-state index contributed by atoms with van der Waals surface area (Å²) in [6.07, 6.45) is 2.25. The van der Waals surface area contributed by atoms with Crippen molar-refractivity contribution < 1.29 is 4.79 Å². The van der Waals surface area contributed by atoms with Crippen molar-refractivity contribution in [3.63, 3.8) is 0 Å². The van der Waals surface area contributed by atoms with Gasteiger partial charge in [0.2, 0.25) is 0 Å². The number of carbonyl (C=O) groups excluding carboxylic acids is 1. The molecule has 2 heterocycles. The molecule has 0 spiro atoms. The first-order chi connectivity index (χ1) is 9.01. The van der Waals surface area contributed by atoms with Gasteiger partial charge in [0.1, 0.15) is 5.82 Å². The van der Waals surface area contributed by atoms with Crippen molar-refractivity contribution in [2.75, 3.05) is 18.8 Å². The smallest absolute Gasteiger partial charge is 0.254 e. The Bertz CT molecular complexity index is 470. The second-order valence-corrected chi connectivity index (χ2v) is 5.67. The summed E-state index contributed by atoms with van der Waals surface area (Å²) in [5.41, 5.74) is 7.36. The fourth-order valence-corrected chi connectivity index (χ4v) is 2.53. The highest BCUT2D eigenvalue weighted by Gasteiger charge is 2.26. The summed E-state index contributed by atoms with van der Waals surface area (Å²) in [5.74, 6) is 1.44. The van der Waals surface area contributed by atoms with E-state index in [0.29, 0.717) is 17.3 Å².